The third-order valence-electron chi connectivity index (χ3n) is 4.04. The number of hydrogen-bond acceptors (Lipinski definition) is 3. The number of anilines is 1. The summed E-state index contributed by atoms with van der Waals surface area (Å²) in [5, 5.41) is 2.68. The number of amides is 3. The van der Waals surface area contributed by atoms with Gasteiger partial charge in [-0.25, -0.2) is 9.59 Å². The van der Waals surface area contributed by atoms with E-state index in [9.17, 15) is 22.8 Å². The second-order valence-electron chi connectivity index (χ2n) is 7.73. The number of carbonyl (C=O) groups excluding carboxylic acids is 2. The number of carbonyl (C=O) groups is 2. The first-order valence-electron chi connectivity index (χ1n) is 10.1. The molecule has 1 N–H and O–H groups in total. The number of nitrogens with zero attached hydrogens (tertiary/aromatic N) is 2. The van der Waals surface area contributed by atoms with Crippen molar-refractivity contribution in [3.05, 3.63) is 29.8 Å². The summed E-state index contributed by atoms with van der Waals surface area (Å²) in [5.74, 6) is 0. The summed E-state index contributed by atoms with van der Waals surface area (Å²) in [6.45, 7) is 11.0. The molecule has 3 amide bonds. The van der Waals surface area contributed by atoms with Crippen LogP contribution in [0.25, 0.3) is 0 Å². The second-order valence-corrected chi connectivity index (χ2v) is 7.73. The molecule has 1 aliphatic heterocycles. The van der Waals surface area contributed by atoms with E-state index in [4.69, 9.17) is 4.74 Å². The molecular formula is C21H32F3N3O3. The van der Waals surface area contributed by atoms with Crippen molar-refractivity contribution < 1.29 is 27.5 Å². The molecular weight excluding hydrogens is 399 g/mol. The van der Waals surface area contributed by atoms with E-state index in [0.717, 1.165) is 0 Å². The van der Waals surface area contributed by atoms with Gasteiger partial charge in [-0.05, 0) is 44.9 Å². The molecule has 6 nitrogen and oxygen atoms in total. The lowest BCUT2D eigenvalue weighted by Gasteiger charge is -2.26. The summed E-state index contributed by atoms with van der Waals surface area (Å²) in [4.78, 5) is 27.8. The van der Waals surface area contributed by atoms with E-state index < -0.39 is 24.3 Å². The molecule has 1 aromatic carbocycles. The molecule has 2 rings (SSSR count). The van der Waals surface area contributed by atoms with Gasteiger partial charge in [0.1, 0.15) is 5.60 Å². The van der Waals surface area contributed by atoms with Crippen molar-refractivity contribution in [2.24, 2.45) is 0 Å². The van der Waals surface area contributed by atoms with Crippen molar-refractivity contribution in [1.82, 2.24) is 9.80 Å². The van der Waals surface area contributed by atoms with Crippen molar-refractivity contribution >= 4 is 17.8 Å². The number of rotatable bonds is 2. The van der Waals surface area contributed by atoms with Gasteiger partial charge in [-0.3, -0.25) is 0 Å². The van der Waals surface area contributed by atoms with Crippen LogP contribution in [-0.4, -0.2) is 59.9 Å². The van der Waals surface area contributed by atoms with Crippen LogP contribution in [0.5, 0.6) is 0 Å². The number of urea groups is 1. The Kier molecular flexibility index (Phi) is 9.45. The van der Waals surface area contributed by atoms with Crippen molar-refractivity contribution in [1.29, 1.82) is 0 Å². The molecule has 0 bridgehead atoms. The Hall–Kier alpha value is -2.45. The maximum absolute atomic E-state index is 12.4. The van der Waals surface area contributed by atoms with Gasteiger partial charge in [-0.1, -0.05) is 26.0 Å². The first-order chi connectivity index (χ1) is 13.9. The van der Waals surface area contributed by atoms with Crippen LogP contribution < -0.4 is 5.32 Å². The first kappa shape index (κ1) is 25.6. The van der Waals surface area contributed by atoms with E-state index in [2.05, 4.69) is 5.32 Å². The quantitative estimate of drug-likeness (QED) is 0.692. The molecule has 1 aromatic rings. The Labute approximate surface area is 176 Å². The Bertz CT molecular complexity index is 685. The van der Waals surface area contributed by atoms with E-state index in [0.29, 0.717) is 38.3 Å². The fourth-order valence-electron chi connectivity index (χ4n) is 2.77. The summed E-state index contributed by atoms with van der Waals surface area (Å²) < 4.78 is 42.6. The van der Waals surface area contributed by atoms with Crippen LogP contribution in [0.15, 0.2) is 24.3 Å². The van der Waals surface area contributed by atoms with Crippen LogP contribution >= 0.6 is 0 Å². The van der Waals surface area contributed by atoms with Gasteiger partial charge < -0.3 is 19.9 Å². The predicted molar refractivity (Wildman–Crippen MR) is 111 cm³/mol. The topological polar surface area (TPSA) is 61.9 Å². The van der Waals surface area contributed by atoms with Crippen molar-refractivity contribution in [3.8, 4) is 0 Å². The average Bonchev–Trinajstić information content (AvgIpc) is 2.89. The minimum absolute atomic E-state index is 0.133. The smallest absolute Gasteiger partial charge is 0.410 e. The van der Waals surface area contributed by atoms with Crippen LogP contribution in [0.2, 0.25) is 0 Å². The fraction of sp³-hybridized carbons (Fsp3) is 0.619. The highest BCUT2D eigenvalue weighted by Gasteiger charge is 2.28. The summed E-state index contributed by atoms with van der Waals surface area (Å²) in [6.07, 6.45) is -5.07. The monoisotopic (exact) mass is 431 g/mol. The summed E-state index contributed by atoms with van der Waals surface area (Å²) in [5.41, 5.74) is -0.0314. The van der Waals surface area contributed by atoms with Crippen LogP contribution in [-0.2, 0) is 11.2 Å². The summed E-state index contributed by atoms with van der Waals surface area (Å²) >= 11 is 0. The number of alkyl halides is 3. The van der Waals surface area contributed by atoms with Crippen LogP contribution in [0.3, 0.4) is 0 Å². The maximum atomic E-state index is 12.4. The SMILES string of the molecule is CC.CC(C)(C)OC(=O)N1CCCN(C(=O)Nc2ccc(CC(F)(F)F)cc2)CC1. The highest BCUT2D eigenvalue weighted by atomic mass is 19.4. The lowest BCUT2D eigenvalue weighted by molar-refractivity contribution is -0.127. The molecule has 0 saturated carbocycles. The number of nitrogens with one attached hydrogen (secondary N) is 1. The minimum atomic E-state index is -4.27. The van der Waals surface area contributed by atoms with E-state index >= 15 is 0 Å². The van der Waals surface area contributed by atoms with Crippen LogP contribution in [0.4, 0.5) is 28.4 Å². The van der Waals surface area contributed by atoms with E-state index in [1.807, 2.05) is 13.8 Å². The van der Waals surface area contributed by atoms with E-state index in [-0.39, 0.29) is 11.6 Å². The molecule has 0 aliphatic carbocycles. The molecule has 0 unspecified atom stereocenters. The van der Waals surface area contributed by atoms with E-state index in [1.165, 1.54) is 24.3 Å². The average molecular weight is 431 g/mol. The summed E-state index contributed by atoms with van der Waals surface area (Å²) in [7, 11) is 0. The van der Waals surface area contributed by atoms with Crippen LogP contribution in [0, 0.1) is 0 Å². The second kappa shape index (κ2) is 11.1. The molecule has 30 heavy (non-hydrogen) atoms. The number of ether oxygens (including phenoxy) is 1. The summed E-state index contributed by atoms with van der Waals surface area (Å²) in [6, 6.07) is 5.23. The van der Waals surface area contributed by atoms with Gasteiger partial charge in [0.25, 0.3) is 0 Å². The largest absolute Gasteiger partial charge is 0.444 e. The van der Waals surface area contributed by atoms with Gasteiger partial charge in [0.15, 0.2) is 0 Å². The fourth-order valence-corrected chi connectivity index (χ4v) is 2.77. The maximum Gasteiger partial charge on any atom is 0.410 e. The molecule has 1 saturated heterocycles. The van der Waals surface area contributed by atoms with Crippen LogP contribution in [0.1, 0.15) is 46.6 Å². The first-order valence-corrected chi connectivity index (χ1v) is 10.1. The molecule has 1 aliphatic rings. The van der Waals surface area contributed by atoms with Crippen molar-refractivity contribution in [3.63, 3.8) is 0 Å². The molecule has 1 heterocycles. The molecule has 170 valence electrons. The molecule has 0 spiro atoms. The highest BCUT2D eigenvalue weighted by molar-refractivity contribution is 5.89. The van der Waals surface area contributed by atoms with Gasteiger partial charge in [0, 0.05) is 31.9 Å². The molecule has 1 fully saturated rings. The number of benzene rings is 1. The molecule has 9 heteroatoms. The Morgan fingerprint density at radius 3 is 2.03 bits per heavy atom. The third-order valence-corrected chi connectivity index (χ3v) is 4.04. The van der Waals surface area contributed by atoms with E-state index in [1.54, 1.807) is 30.6 Å². The highest BCUT2D eigenvalue weighted by Crippen LogP contribution is 2.22. The van der Waals surface area contributed by atoms with Gasteiger partial charge >= 0.3 is 18.3 Å². The Balaban J connectivity index is 0.00000218. The zero-order valence-electron chi connectivity index (χ0n) is 18.3. The normalized spacial score (nSPS) is 14.9. The number of hydrogen-bond donors (Lipinski definition) is 1. The zero-order chi connectivity index (χ0) is 22.9. The molecule has 0 atom stereocenters. The predicted octanol–water partition coefficient (Wildman–Crippen LogP) is 5.29. The Morgan fingerprint density at radius 1 is 0.967 bits per heavy atom. The van der Waals surface area contributed by atoms with Gasteiger partial charge in [0.2, 0.25) is 0 Å². The molecule has 0 radical (unpaired) electrons. The molecule has 0 aromatic heterocycles. The Morgan fingerprint density at radius 2 is 1.50 bits per heavy atom. The zero-order valence-corrected chi connectivity index (χ0v) is 18.3. The van der Waals surface area contributed by atoms with Gasteiger partial charge in [-0.15, -0.1) is 0 Å². The standard InChI is InChI=1S/C19H26F3N3O3.C2H6/c1-18(2,3)28-17(27)25-10-4-9-24(11-12-25)16(26)23-15-7-5-14(6-8-15)13-19(20,21)22;1-2/h5-8H,4,9-13H2,1-3H3,(H,23,26);1-2H3. The third kappa shape index (κ3) is 9.37. The van der Waals surface area contributed by atoms with Crippen molar-refractivity contribution in [2.45, 2.75) is 59.2 Å². The lowest BCUT2D eigenvalue weighted by atomic mass is 10.1. The lowest BCUT2D eigenvalue weighted by Crippen LogP contribution is -2.41. The number of halogens is 3. The van der Waals surface area contributed by atoms with Gasteiger partial charge in [0.05, 0.1) is 6.42 Å². The van der Waals surface area contributed by atoms with Crippen molar-refractivity contribution in [2.75, 3.05) is 31.5 Å². The minimum Gasteiger partial charge on any atom is -0.444 e. The van der Waals surface area contributed by atoms with Gasteiger partial charge in [-0.2, -0.15) is 13.2 Å².